The van der Waals surface area contributed by atoms with Crippen molar-refractivity contribution in [2.24, 2.45) is 0 Å². The summed E-state index contributed by atoms with van der Waals surface area (Å²) in [6.07, 6.45) is 0. The molecule has 0 unspecified atom stereocenters. The van der Waals surface area contributed by atoms with Gasteiger partial charge in [-0.05, 0) is 55.2 Å². The Hall–Kier alpha value is -2.05. The topological polar surface area (TPSA) is 42.2 Å². The molecule has 0 N–H and O–H groups in total. The predicted octanol–water partition coefficient (Wildman–Crippen LogP) is 3.88. The van der Waals surface area contributed by atoms with Crippen LogP contribution in [0.5, 0.6) is 0 Å². The monoisotopic (exact) mass is 317 g/mol. The third-order valence-corrected chi connectivity index (χ3v) is 4.37. The molecule has 0 saturated carbocycles. The van der Waals surface area contributed by atoms with Crippen LogP contribution in [-0.2, 0) is 13.1 Å². The van der Waals surface area contributed by atoms with E-state index in [4.69, 9.17) is 4.52 Å². The lowest BCUT2D eigenvalue weighted by Crippen LogP contribution is -2.17. The number of thiophene rings is 1. The fraction of sp³-hybridized carbons (Fsp3) is 0.250. The van der Waals surface area contributed by atoms with Crippen molar-refractivity contribution < 1.29 is 8.91 Å². The number of halogens is 1. The summed E-state index contributed by atoms with van der Waals surface area (Å²) in [6, 6.07) is 8.17. The molecule has 3 rings (SSSR count). The van der Waals surface area contributed by atoms with Crippen LogP contribution in [0.4, 0.5) is 4.39 Å². The highest BCUT2D eigenvalue weighted by Gasteiger charge is 2.12. The summed E-state index contributed by atoms with van der Waals surface area (Å²) >= 11 is 1.75. The number of nitrogens with zero attached hydrogens (tertiary/aromatic N) is 3. The van der Waals surface area contributed by atoms with Crippen LogP contribution in [0.2, 0.25) is 0 Å². The Morgan fingerprint density at radius 3 is 2.64 bits per heavy atom. The standard InChI is InChI=1S/C16H16FN3OS/c1-11-7-8-22-14(11)9-20(2)10-15-18-16(19-21-15)12-3-5-13(17)6-4-12/h3-8H,9-10H2,1-2H3. The summed E-state index contributed by atoms with van der Waals surface area (Å²) in [6.45, 7) is 3.53. The fourth-order valence-electron chi connectivity index (χ4n) is 2.13. The summed E-state index contributed by atoms with van der Waals surface area (Å²) in [5.74, 6) is 0.755. The third-order valence-electron chi connectivity index (χ3n) is 3.36. The van der Waals surface area contributed by atoms with Crippen molar-refractivity contribution in [2.45, 2.75) is 20.0 Å². The highest BCUT2D eigenvalue weighted by molar-refractivity contribution is 7.10. The Morgan fingerprint density at radius 1 is 1.18 bits per heavy atom. The molecule has 2 heterocycles. The molecule has 0 fully saturated rings. The third kappa shape index (κ3) is 3.40. The van der Waals surface area contributed by atoms with Crippen LogP contribution < -0.4 is 0 Å². The van der Waals surface area contributed by atoms with Crippen molar-refractivity contribution in [3.63, 3.8) is 0 Å². The Morgan fingerprint density at radius 2 is 1.95 bits per heavy atom. The molecular weight excluding hydrogens is 301 g/mol. The van der Waals surface area contributed by atoms with E-state index in [9.17, 15) is 4.39 Å². The van der Waals surface area contributed by atoms with Gasteiger partial charge >= 0.3 is 0 Å². The quantitative estimate of drug-likeness (QED) is 0.716. The van der Waals surface area contributed by atoms with Crippen LogP contribution in [0.25, 0.3) is 11.4 Å². The Balaban J connectivity index is 1.66. The van der Waals surface area contributed by atoms with Crippen molar-refractivity contribution in [2.75, 3.05) is 7.05 Å². The van der Waals surface area contributed by atoms with E-state index in [2.05, 4.69) is 33.4 Å². The van der Waals surface area contributed by atoms with Crippen LogP contribution in [0.1, 0.15) is 16.3 Å². The number of rotatable bonds is 5. The summed E-state index contributed by atoms with van der Waals surface area (Å²) in [5, 5.41) is 6.05. The zero-order valence-electron chi connectivity index (χ0n) is 12.4. The van der Waals surface area contributed by atoms with E-state index in [0.29, 0.717) is 18.3 Å². The molecule has 0 spiro atoms. The van der Waals surface area contributed by atoms with Gasteiger partial charge in [-0.1, -0.05) is 5.16 Å². The van der Waals surface area contributed by atoms with E-state index >= 15 is 0 Å². The van der Waals surface area contributed by atoms with Crippen LogP contribution >= 0.6 is 11.3 Å². The van der Waals surface area contributed by atoms with Crippen molar-refractivity contribution in [3.8, 4) is 11.4 Å². The molecule has 114 valence electrons. The number of hydrogen-bond acceptors (Lipinski definition) is 5. The van der Waals surface area contributed by atoms with E-state index in [-0.39, 0.29) is 5.82 Å². The highest BCUT2D eigenvalue weighted by Crippen LogP contribution is 2.19. The van der Waals surface area contributed by atoms with E-state index in [0.717, 1.165) is 12.1 Å². The fourth-order valence-corrected chi connectivity index (χ4v) is 3.12. The maximum absolute atomic E-state index is 12.9. The van der Waals surface area contributed by atoms with Gasteiger partial charge in [0, 0.05) is 17.0 Å². The molecule has 0 atom stereocenters. The second-order valence-corrected chi connectivity index (χ2v) is 6.22. The van der Waals surface area contributed by atoms with Crippen molar-refractivity contribution in [3.05, 3.63) is 57.9 Å². The Bertz CT molecular complexity index is 751. The molecule has 2 aromatic heterocycles. The van der Waals surface area contributed by atoms with Crippen LogP contribution in [0, 0.1) is 12.7 Å². The van der Waals surface area contributed by atoms with Gasteiger partial charge in [0.1, 0.15) is 5.82 Å². The molecule has 0 aliphatic carbocycles. The van der Waals surface area contributed by atoms with Gasteiger partial charge < -0.3 is 4.52 Å². The number of aromatic nitrogens is 2. The van der Waals surface area contributed by atoms with Crippen molar-refractivity contribution in [1.82, 2.24) is 15.0 Å². The lowest BCUT2D eigenvalue weighted by molar-refractivity contribution is 0.262. The minimum Gasteiger partial charge on any atom is -0.338 e. The first-order chi connectivity index (χ1) is 10.6. The number of hydrogen-bond donors (Lipinski definition) is 0. The smallest absolute Gasteiger partial charge is 0.241 e. The molecule has 3 aromatic rings. The molecular formula is C16H16FN3OS. The molecule has 0 aliphatic rings. The molecule has 0 amide bonds. The maximum atomic E-state index is 12.9. The van der Waals surface area contributed by atoms with E-state index < -0.39 is 0 Å². The summed E-state index contributed by atoms with van der Waals surface area (Å²) < 4.78 is 18.2. The maximum Gasteiger partial charge on any atom is 0.241 e. The van der Waals surface area contributed by atoms with Gasteiger partial charge in [0.25, 0.3) is 0 Å². The van der Waals surface area contributed by atoms with Gasteiger partial charge in [0.2, 0.25) is 11.7 Å². The number of aryl methyl sites for hydroxylation is 1. The normalized spacial score (nSPS) is 11.3. The molecule has 0 aliphatic heterocycles. The minimum absolute atomic E-state index is 0.279. The SMILES string of the molecule is Cc1ccsc1CN(C)Cc1nc(-c2ccc(F)cc2)no1. The first kappa shape index (κ1) is 14.9. The number of benzene rings is 1. The van der Waals surface area contributed by atoms with E-state index in [1.54, 1.807) is 23.5 Å². The predicted molar refractivity (Wildman–Crippen MR) is 83.9 cm³/mol. The van der Waals surface area contributed by atoms with E-state index in [1.165, 1.54) is 22.6 Å². The molecule has 0 saturated heterocycles. The molecule has 22 heavy (non-hydrogen) atoms. The zero-order chi connectivity index (χ0) is 15.5. The average molecular weight is 317 g/mol. The van der Waals surface area contributed by atoms with Gasteiger partial charge in [0.05, 0.1) is 6.54 Å². The van der Waals surface area contributed by atoms with Gasteiger partial charge in [-0.25, -0.2) is 4.39 Å². The molecule has 1 aromatic carbocycles. The first-order valence-corrected chi connectivity index (χ1v) is 7.80. The molecule has 6 heteroatoms. The highest BCUT2D eigenvalue weighted by atomic mass is 32.1. The summed E-state index contributed by atoms with van der Waals surface area (Å²) in [5.41, 5.74) is 2.04. The average Bonchev–Trinajstić information content (AvgIpc) is 3.10. The van der Waals surface area contributed by atoms with Crippen molar-refractivity contribution in [1.29, 1.82) is 0 Å². The zero-order valence-corrected chi connectivity index (χ0v) is 13.2. The second-order valence-electron chi connectivity index (χ2n) is 5.22. The van der Waals surface area contributed by atoms with Gasteiger partial charge in [0.15, 0.2) is 0 Å². The van der Waals surface area contributed by atoms with Gasteiger partial charge in [-0.2, -0.15) is 4.98 Å². The lowest BCUT2D eigenvalue weighted by atomic mass is 10.2. The molecule has 4 nitrogen and oxygen atoms in total. The summed E-state index contributed by atoms with van der Waals surface area (Å²) in [4.78, 5) is 7.82. The molecule has 0 radical (unpaired) electrons. The van der Waals surface area contributed by atoms with Crippen LogP contribution in [-0.4, -0.2) is 22.1 Å². The second kappa shape index (κ2) is 6.37. The van der Waals surface area contributed by atoms with Crippen molar-refractivity contribution >= 4 is 11.3 Å². The largest absolute Gasteiger partial charge is 0.338 e. The van der Waals surface area contributed by atoms with Gasteiger partial charge in [-0.15, -0.1) is 11.3 Å². The minimum atomic E-state index is -0.279. The van der Waals surface area contributed by atoms with Crippen LogP contribution in [0.3, 0.4) is 0 Å². The van der Waals surface area contributed by atoms with Gasteiger partial charge in [-0.3, -0.25) is 4.90 Å². The van der Waals surface area contributed by atoms with Crippen LogP contribution in [0.15, 0.2) is 40.2 Å². The summed E-state index contributed by atoms with van der Waals surface area (Å²) in [7, 11) is 2.01. The Kier molecular flexibility index (Phi) is 4.31. The molecule has 0 bridgehead atoms. The lowest BCUT2D eigenvalue weighted by Gasteiger charge is -2.13. The van der Waals surface area contributed by atoms with E-state index in [1.807, 2.05) is 7.05 Å². The Labute approximate surface area is 132 Å². The first-order valence-electron chi connectivity index (χ1n) is 6.92.